The number of nitrogens with zero attached hydrogens (tertiary/aromatic N) is 3. The second-order valence-electron chi connectivity index (χ2n) is 8.06. The molecule has 1 aromatic heterocycles. The Morgan fingerprint density at radius 1 is 1.21 bits per heavy atom. The highest BCUT2D eigenvalue weighted by atomic mass is 31.1. The Hall–Kier alpha value is -3.04. The molecular formula is C21H24FN3O7P+. The van der Waals surface area contributed by atoms with Gasteiger partial charge in [0.05, 0.1) is 18.3 Å². The number of carbonyl (C=O) groups excluding carboxylic acids is 1. The monoisotopic (exact) mass is 480 g/mol. The van der Waals surface area contributed by atoms with Crippen molar-refractivity contribution in [1.82, 2.24) is 9.47 Å². The van der Waals surface area contributed by atoms with Crippen molar-refractivity contribution in [2.24, 2.45) is 0 Å². The average molecular weight is 480 g/mol. The first-order chi connectivity index (χ1) is 15.7. The first kappa shape index (κ1) is 23.1. The van der Waals surface area contributed by atoms with Crippen molar-refractivity contribution in [3.8, 4) is 0 Å². The number of piperazine rings is 1. The molecule has 2 aliphatic rings. The van der Waals surface area contributed by atoms with E-state index in [-0.39, 0.29) is 35.8 Å². The summed E-state index contributed by atoms with van der Waals surface area (Å²) in [7, 11) is -0.848. The summed E-state index contributed by atoms with van der Waals surface area (Å²) in [6.45, 7) is 2.66. The molecule has 176 valence electrons. The van der Waals surface area contributed by atoms with Gasteiger partial charge in [0.1, 0.15) is 11.4 Å². The summed E-state index contributed by atoms with van der Waals surface area (Å²) in [6.07, 6.45) is 2.44. The fourth-order valence-corrected chi connectivity index (χ4v) is 4.42. The van der Waals surface area contributed by atoms with Crippen molar-refractivity contribution >= 4 is 36.7 Å². The molecule has 1 saturated carbocycles. The number of carboxylic acid groups (broad SMARTS) is 1. The van der Waals surface area contributed by atoms with Crippen LogP contribution in [0.4, 0.5) is 14.9 Å². The molecule has 1 aliphatic heterocycles. The van der Waals surface area contributed by atoms with Crippen LogP contribution in [-0.4, -0.2) is 65.8 Å². The Kier molecular flexibility index (Phi) is 6.36. The average Bonchev–Trinajstić information content (AvgIpc) is 3.64. The van der Waals surface area contributed by atoms with Gasteiger partial charge >= 0.3 is 25.9 Å². The highest BCUT2D eigenvalue weighted by Gasteiger charge is 2.34. The van der Waals surface area contributed by atoms with Crippen molar-refractivity contribution < 1.29 is 32.9 Å². The largest absolute Gasteiger partial charge is 0.552 e. The maximum Gasteiger partial charge on any atom is 0.552 e. The van der Waals surface area contributed by atoms with Crippen molar-refractivity contribution in [3.05, 3.63) is 39.9 Å². The number of benzene rings is 1. The number of amides is 1. The number of halogens is 1. The van der Waals surface area contributed by atoms with Gasteiger partial charge in [-0.05, 0) is 29.5 Å². The molecule has 1 N–H and O–H groups in total. The van der Waals surface area contributed by atoms with Gasteiger partial charge in [-0.15, -0.1) is 4.52 Å². The molecule has 2 fully saturated rings. The molecule has 0 spiro atoms. The van der Waals surface area contributed by atoms with Gasteiger partial charge in [-0.3, -0.25) is 4.79 Å². The standard InChI is InChI=1S/C21H23FN3O7P/c1-12(33(30)31-2)32-21(29)24-7-5-23(6-8-24)18-10-17-14(9-16(18)22)19(26)15(20(27)28)11-25(17)13-3-4-13/h9-13H,3-8H2,1-2H3/p+1. The molecule has 10 nitrogen and oxygen atoms in total. The first-order valence-corrected chi connectivity index (χ1v) is 11.8. The van der Waals surface area contributed by atoms with Gasteiger partial charge in [-0.2, -0.15) is 0 Å². The van der Waals surface area contributed by atoms with Gasteiger partial charge in [-0.1, -0.05) is 0 Å². The molecule has 2 atom stereocenters. The number of aromatic nitrogens is 1. The highest BCUT2D eigenvalue weighted by Crippen LogP contribution is 2.38. The van der Waals surface area contributed by atoms with E-state index in [9.17, 15) is 24.1 Å². The van der Waals surface area contributed by atoms with Crippen LogP contribution < -0.4 is 10.3 Å². The van der Waals surface area contributed by atoms with Crippen LogP contribution in [0.1, 0.15) is 36.2 Å². The zero-order valence-electron chi connectivity index (χ0n) is 18.2. The molecule has 2 heterocycles. The topological polar surface area (TPSA) is 118 Å². The summed E-state index contributed by atoms with van der Waals surface area (Å²) in [5.41, 5.74) is -0.319. The second kappa shape index (κ2) is 9.07. The lowest BCUT2D eigenvalue weighted by molar-refractivity contribution is 0.0694. The Labute approximate surface area is 189 Å². The number of pyridine rings is 1. The van der Waals surface area contributed by atoms with Crippen molar-refractivity contribution in [2.45, 2.75) is 31.7 Å². The Morgan fingerprint density at radius 3 is 2.45 bits per heavy atom. The minimum atomic E-state index is -2.12. The zero-order chi connectivity index (χ0) is 23.9. The van der Waals surface area contributed by atoms with Gasteiger partial charge in [0.15, 0.2) is 0 Å². The van der Waals surface area contributed by atoms with E-state index in [4.69, 9.17) is 4.74 Å². The van der Waals surface area contributed by atoms with Crippen LogP contribution in [0, 0.1) is 5.82 Å². The summed E-state index contributed by atoms with van der Waals surface area (Å²) >= 11 is 0. The number of aromatic carboxylic acids is 1. The summed E-state index contributed by atoms with van der Waals surface area (Å²) in [5, 5.41) is 9.40. The van der Waals surface area contributed by atoms with Crippen LogP contribution in [0.25, 0.3) is 10.9 Å². The molecular weight excluding hydrogens is 456 g/mol. The van der Waals surface area contributed by atoms with E-state index in [1.54, 1.807) is 15.5 Å². The van der Waals surface area contributed by atoms with Crippen molar-refractivity contribution in [3.63, 3.8) is 0 Å². The van der Waals surface area contributed by atoms with Gasteiger partial charge in [0.25, 0.3) is 0 Å². The number of fused-ring (bicyclic) bond motifs is 1. The third-order valence-electron chi connectivity index (χ3n) is 5.90. The Bertz CT molecular complexity index is 1190. The number of carboxylic acids is 1. The third kappa shape index (κ3) is 4.56. The van der Waals surface area contributed by atoms with Gasteiger partial charge in [-0.25, -0.2) is 14.0 Å². The molecule has 1 amide bonds. The van der Waals surface area contributed by atoms with E-state index in [1.807, 2.05) is 0 Å². The van der Waals surface area contributed by atoms with E-state index in [0.29, 0.717) is 18.6 Å². The quantitative estimate of drug-likeness (QED) is 0.627. The third-order valence-corrected chi connectivity index (χ3v) is 6.96. The number of hydrogen-bond acceptors (Lipinski definition) is 7. The summed E-state index contributed by atoms with van der Waals surface area (Å²) in [4.78, 5) is 39.6. The molecule has 2 unspecified atom stereocenters. The summed E-state index contributed by atoms with van der Waals surface area (Å²) in [6, 6.07) is 2.76. The molecule has 1 aliphatic carbocycles. The number of ether oxygens (including phenoxy) is 1. The molecule has 1 aromatic carbocycles. The highest BCUT2D eigenvalue weighted by molar-refractivity contribution is 7.39. The molecule has 4 rings (SSSR count). The molecule has 0 radical (unpaired) electrons. The number of hydrogen-bond donors (Lipinski definition) is 1. The summed E-state index contributed by atoms with van der Waals surface area (Å²) < 4.78 is 38.2. The van der Waals surface area contributed by atoms with E-state index in [0.717, 1.165) is 18.9 Å². The maximum absolute atomic E-state index is 15.0. The van der Waals surface area contributed by atoms with Gasteiger partial charge in [0.2, 0.25) is 5.43 Å². The fourth-order valence-electron chi connectivity index (χ4n) is 3.95. The molecule has 2 aromatic rings. The lowest BCUT2D eigenvalue weighted by atomic mass is 10.1. The number of carbonyl (C=O) groups is 2. The lowest BCUT2D eigenvalue weighted by Gasteiger charge is -2.35. The predicted octanol–water partition coefficient (Wildman–Crippen LogP) is 3.17. The van der Waals surface area contributed by atoms with Crippen LogP contribution in [0.15, 0.2) is 23.1 Å². The van der Waals surface area contributed by atoms with Crippen LogP contribution in [0.3, 0.4) is 0 Å². The molecule has 33 heavy (non-hydrogen) atoms. The fraction of sp³-hybridized carbons (Fsp3) is 0.476. The van der Waals surface area contributed by atoms with E-state index in [1.165, 1.54) is 25.1 Å². The number of anilines is 1. The summed E-state index contributed by atoms with van der Waals surface area (Å²) in [5.74, 6) is -2.86. The predicted molar refractivity (Wildman–Crippen MR) is 118 cm³/mol. The van der Waals surface area contributed by atoms with Crippen LogP contribution >= 0.6 is 8.03 Å². The molecule has 1 saturated heterocycles. The molecule has 12 heteroatoms. The lowest BCUT2D eigenvalue weighted by Crippen LogP contribution is -2.49. The minimum Gasteiger partial charge on any atom is -0.477 e. The van der Waals surface area contributed by atoms with Crippen molar-refractivity contribution in [2.75, 3.05) is 38.2 Å². The van der Waals surface area contributed by atoms with Gasteiger partial charge < -0.3 is 24.2 Å². The number of rotatable bonds is 6. The maximum atomic E-state index is 15.0. The van der Waals surface area contributed by atoms with Crippen LogP contribution in [0.2, 0.25) is 0 Å². The Morgan fingerprint density at radius 2 is 1.88 bits per heavy atom. The van der Waals surface area contributed by atoms with E-state index in [2.05, 4.69) is 4.52 Å². The van der Waals surface area contributed by atoms with Crippen molar-refractivity contribution in [1.29, 1.82) is 0 Å². The van der Waals surface area contributed by atoms with E-state index < -0.39 is 37.2 Å². The normalized spacial score (nSPS) is 17.7. The zero-order valence-corrected chi connectivity index (χ0v) is 19.1. The molecule has 0 bridgehead atoms. The van der Waals surface area contributed by atoms with Crippen LogP contribution in [0.5, 0.6) is 0 Å². The van der Waals surface area contributed by atoms with Crippen LogP contribution in [-0.2, 0) is 13.8 Å². The van der Waals surface area contributed by atoms with Gasteiger partial charge in [0, 0.05) is 50.7 Å². The minimum absolute atomic E-state index is 0.0338. The van der Waals surface area contributed by atoms with E-state index >= 15 is 4.39 Å². The first-order valence-electron chi connectivity index (χ1n) is 10.5. The SMILES string of the molecule is CO[P+](=O)C(C)OC(=O)N1CCN(c2cc3c(cc2F)c(=O)c(C(=O)O)cn3C2CC2)CC1. The second-order valence-corrected chi connectivity index (χ2v) is 9.72. The Balaban J connectivity index is 1.57. The smallest absolute Gasteiger partial charge is 0.477 e.